The van der Waals surface area contributed by atoms with Crippen LogP contribution in [0, 0.1) is 6.92 Å². The third kappa shape index (κ3) is 2.43. The Hall–Kier alpha value is -0.920. The molecular weight excluding hydrogens is 254 g/mol. The van der Waals surface area contributed by atoms with Gasteiger partial charge in [0.15, 0.2) is 5.03 Å². The number of aliphatic hydroxyl groups excluding tert-OH is 1. The number of sulfonamides is 1. The number of β-amino-alcohol motifs (C(OH)–C–C–N with tert-alkyl or cyclic N) is 1. The van der Waals surface area contributed by atoms with E-state index >= 15 is 0 Å². The maximum Gasteiger partial charge on any atom is 0.262 e. The molecule has 1 aromatic heterocycles. The highest BCUT2D eigenvalue weighted by Crippen LogP contribution is 2.20. The van der Waals surface area contributed by atoms with E-state index in [0.717, 1.165) is 13.0 Å². The van der Waals surface area contributed by atoms with Crippen LogP contribution < -0.4 is 0 Å². The Balaban J connectivity index is 2.27. The lowest BCUT2D eigenvalue weighted by Crippen LogP contribution is -2.30. The van der Waals surface area contributed by atoms with Gasteiger partial charge < -0.3 is 9.67 Å². The van der Waals surface area contributed by atoms with Gasteiger partial charge in [0, 0.05) is 25.8 Å². The van der Waals surface area contributed by atoms with E-state index in [1.807, 2.05) is 11.5 Å². The normalized spacial score (nSPS) is 21.6. The Kier molecular flexibility index (Phi) is 3.74. The van der Waals surface area contributed by atoms with Gasteiger partial charge >= 0.3 is 0 Å². The van der Waals surface area contributed by atoms with Gasteiger partial charge in [-0.25, -0.2) is 13.4 Å². The lowest BCUT2D eigenvalue weighted by Gasteiger charge is -2.13. The van der Waals surface area contributed by atoms with Crippen LogP contribution in [0.5, 0.6) is 0 Å². The monoisotopic (exact) mass is 273 g/mol. The summed E-state index contributed by atoms with van der Waals surface area (Å²) in [5.74, 6) is 0.704. The van der Waals surface area contributed by atoms with E-state index in [9.17, 15) is 13.5 Å². The molecule has 0 radical (unpaired) electrons. The smallest absolute Gasteiger partial charge is 0.262 e. The van der Waals surface area contributed by atoms with Crippen molar-refractivity contribution in [2.45, 2.75) is 44.4 Å². The molecule has 1 atom stereocenters. The molecule has 0 spiro atoms. The van der Waals surface area contributed by atoms with Gasteiger partial charge in [0.25, 0.3) is 10.0 Å². The Bertz CT molecular complexity index is 524. The highest BCUT2D eigenvalue weighted by Gasteiger charge is 2.33. The molecule has 18 heavy (non-hydrogen) atoms. The Morgan fingerprint density at radius 1 is 1.56 bits per heavy atom. The summed E-state index contributed by atoms with van der Waals surface area (Å²) in [6, 6.07) is 0. The second-order valence-corrected chi connectivity index (χ2v) is 6.51. The Labute approximate surface area is 107 Å². The van der Waals surface area contributed by atoms with Crippen molar-refractivity contribution < 1.29 is 13.5 Å². The van der Waals surface area contributed by atoms with Crippen molar-refractivity contribution in [2.24, 2.45) is 0 Å². The van der Waals surface area contributed by atoms with E-state index in [-0.39, 0.29) is 11.6 Å². The minimum Gasteiger partial charge on any atom is -0.392 e. The second kappa shape index (κ2) is 4.99. The number of hydrogen-bond donors (Lipinski definition) is 1. The lowest BCUT2D eigenvalue weighted by molar-refractivity contribution is 0.189. The van der Waals surface area contributed by atoms with Crippen molar-refractivity contribution in [1.82, 2.24) is 13.9 Å². The molecule has 7 heteroatoms. The van der Waals surface area contributed by atoms with Crippen LogP contribution in [0.4, 0.5) is 0 Å². The van der Waals surface area contributed by atoms with Crippen LogP contribution in [0.25, 0.3) is 0 Å². The molecule has 0 amide bonds. The summed E-state index contributed by atoms with van der Waals surface area (Å²) in [6.45, 7) is 5.13. The van der Waals surface area contributed by atoms with Crippen LogP contribution in [-0.4, -0.2) is 46.6 Å². The molecule has 1 N–H and O–H groups in total. The highest BCUT2D eigenvalue weighted by molar-refractivity contribution is 7.89. The third-order valence-corrected chi connectivity index (χ3v) is 4.89. The maximum atomic E-state index is 12.3. The quantitative estimate of drug-likeness (QED) is 0.859. The molecule has 0 saturated carbocycles. The first kappa shape index (κ1) is 13.5. The van der Waals surface area contributed by atoms with Gasteiger partial charge in [0.1, 0.15) is 5.82 Å². The number of hydrogen-bond acceptors (Lipinski definition) is 4. The lowest BCUT2D eigenvalue weighted by atomic mass is 10.3. The number of aryl methyl sites for hydroxylation is 2. The fraction of sp³-hybridized carbons (Fsp3) is 0.727. The van der Waals surface area contributed by atoms with E-state index < -0.39 is 16.1 Å². The Morgan fingerprint density at radius 2 is 2.28 bits per heavy atom. The molecule has 6 nitrogen and oxygen atoms in total. The molecule has 1 aromatic rings. The standard InChI is InChI=1S/C11H19N3O3S/c1-3-5-13-8-11(12-9(13)2)18(16,17)14-6-4-10(15)7-14/h8,10,15H,3-7H2,1-2H3/t10-/m0/s1. The van der Waals surface area contributed by atoms with Crippen molar-refractivity contribution >= 4 is 10.0 Å². The van der Waals surface area contributed by atoms with E-state index in [2.05, 4.69) is 4.98 Å². The number of aliphatic hydroxyl groups is 1. The first-order valence-electron chi connectivity index (χ1n) is 6.17. The van der Waals surface area contributed by atoms with Crippen LogP contribution in [-0.2, 0) is 16.6 Å². The predicted molar refractivity (Wildman–Crippen MR) is 66.6 cm³/mol. The van der Waals surface area contributed by atoms with Gasteiger partial charge in [0.05, 0.1) is 6.10 Å². The van der Waals surface area contributed by atoms with Crippen LogP contribution in [0.2, 0.25) is 0 Å². The molecule has 102 valence electrons. The molecule has 1 aliphatic heterocycles. The van der Waals surface area contributed by atoms with Gasteiger partial charge in [-0.15, -0.1) is 0 Å². The first-order valence-corrected chi connectivity index (χ1v) is 7.61. The van der Waals surface area contributed by atoms with Gasteiger partial charge in [-0.3, -0.25) is 0 Å². The van der Waals surface area contributed by atoms with Crippen molar-refractivity contribution in [3.8, 4) is 0 Å². The fourth-order valence-corrected chi connectivity index (χ4v) is 3.62. The van der Waals surface area contributed by atoms with Crippen molar-refractivity contribution in [1.29, 1.82) is 0 Å². The van der Waals surface area contributed by atoms with Gasteiger partial charge in [0.2, 0.25) is 0 Å². The fourth-order valence-electron chi connectivity index (χ4n) is 2.13. The van der Waals surface area contributed by atoms with E-state index in [1.165, 1.54) is 4.31 Å². The van der Waals surface area contributed by atoms with Crippen molar-refractivity contribution in [3.05, 3.63) is 12.0 Å². The summed E-state index contributed by atoms with van der Waals surface area (Å²) in [4.78, 5) is 4.12. The van der Waals surface area contributed by atoms with Gasteiger partial charge in [-0.1, -0.05) is 6.92 Å². The molecule has 2 rings (SSSR count). The van der Waals surface area contributed by atoms with E-state index in [1.54, 1.807) is 13.1 Å². The number of aromatic nitrogens is 2. The maximum absolute atomic E-state index is 12.3. The molecule has 1 aliphatic rings. The largest absolute Gasteiger partial charge is 0.392 e. The van der Waals surface area contributed by atoms with Crippen LogP contribution in [0.3, 0.4) is 0 Å². The van der Waals surface area contributed by atoms with Gasteiger partial charge in [-0.2, -0.15) is 4.31 Å². The zero-order chi connectivity index (χ0) is 13.3. The van der Waals surface area contributed by atoms with Crippen LogP contribution in [0.1, 0.15) is 25.6 Å². The molecule has 0 unspecified atom stereocenters. The van der Waals surface area contributed by atoms with Crippen molar-refractivity contribution in [3.63, 3.8) is 0 Å². The SMILES string of the molecule is CCCn1cc(S(=O)(=O)N2CC[C@H](O)C2)nc1C. The van der Waals surface area contributed by atoms with E-state index in [4.69, 9.17) is 0 Å². The summed E-state index contributed by atoms with van der Waals surface area (Å²) in [5, 5.41) is 9.51. The minimum atomic E-state index is -3.55. The zero-order valence-electron chi connectivity index (χ0n) is 10.7. The summed E-state index contributed by atoms with van der Waals surface area (Å²) < 4.78 is 27.7. The summed E-state index contributed by atoms with van der Waals surface area (Å²) in [7, 11) is -3.55. The molecule has 0 aromatic carbocycles. The predicted octanol–water partition coefficient (Wildman–Crippen LogP) is 0.357. The molecular formula is C11H19N3O3S. The summed E-state index contributed by atoms with van der Waals surface area (Å²) in [5.41, 5.74) is 0. The summed E-state index contributed by atoms with van der Waals surface area (Å²) in [6.07, 6.45) is 2.45. The minimum absolute atomic E-state index is 0.0857. The molecule has 0 bridgehead atoms. The Morgan fingerprint density at radius 3 is 2.83 bits per heavy atom. The van der Waals surface area contributed by atoms with Crippen LogP contribution >= 0.6 is 0 Å². The summed E-state index contributed by atoms with van der Waals surface area (Å²) >= 11 is 0. The molecule has 1 fully saturated rings. The molecule has 2 heterocycles. The van der Waals surface area contributed by atoms with Crippen molar-refractivity contribution in [2.75, 3.05) is 13.1 Å². The molecule has 0 aliphatic carbocycles. The first-order chi connectivity index (χ1) is 8.45. The van der Waals surface area contributed by atoms with Crippen LogP contribution in [0.15, 0.2) is 11.2 Å². The average Bonchev–Trinajstić information content (AvgIpc) is 2.87. The number of nitrogens with zero attached hydrogens (tertiary/aromatic N) is 3. The molecule has 1 saturated heterocycles. The average molecular weight is 273 g/mol. The third-order valence-electron chi connectivity index (χ3n) is 3.15. The topological polar surface area (TPSA) is 75.4 Å². The second-order valence-electron chi connectivity index (χ2n) is 4.63. The number of imidazole rings is 1. The zero-order valence-corrected chi connectivity index (χ0v) is 11.5. The number of rotatable bonds is 4. The van der Waals surface area contributed by atoms with Gasteiger partial charge in [-0.05, 0) is 19.8 Å². The highest BCUT2D eigenvalue weighted by atomic mass is 32.2. The van der Waals surface area contributed by atoms with E-state index in [0.29, 0.717) is 18.8 Å².